The summed E-state index contributed by atoms with van der Waals surface area (Å²) in [6.45, 7) is 2.01. The van der Waals surface area contributed by atoms with Gasteiger partial charge < -0.3 is 9.64 Å². The highest BCUT2D eigenvalue weighted by Gasteiger charge is 2.38. The van der Waals surface area contributed by atoms with E-state index in [1.807, 2.05) is 0 Å². The van der Waals surface area contributed by atoms with Gasteiger partial charge in [0, 0.05) is 25.3 Å². The van der Waals surface area contributed by atoms with E-state index >= 15 is 0 Å². The number of alkyl halides is 2. The maximum absolute atomic E-state index is 13.0. The number of ether oxygens (including phenoxy) is 1. The summed E-state index contributed by atoms with van der Waals surface area (Å²) in [5.74, 6) is -3.75. The Morgan fingerprint density at radius 3 is 2.33 bits per heavy atom. The van der Waals surface area contributed by atoms with E-state index in [2.05, 4.69) is 4.74 Å². The smallest absolute Gasteiger partial charge is 0.325 e. The number of halogens is 2. The van der Waals surface area contributed by atoms with Gasteiger partial charge in [0.2, 0.25) is 11.8 Å². The zero-order chi connectivity index (χ0) is 13.8. The van der Waals surface area contributed by atoms with Crippen LogP contribution in [0.5, 0.6) is 0 Å². The lowest BCUT2D eigenvalue weighted by Crippen LogP contribution is -2.42. The van der Waals surface area contributed by atoms with Crippen molar-refractivity contribution >= 4 is 11.9 Å². The summed E-state index contributed by atoms with van der Waals surface area (Å²) in [5, 5.41) is 0. The van der Waals surface area contributed by atoms with Gasteiger partial charge in [0.25, 0.3) is 0 Å². The van der Waals surface area contributed by atoms with Gasteiger partial charge >= 0.3 is 5.97 Å². The van der Waals surface area contributed by atoms with Crippen molar-refractivity contribution in [2.75, 3.05) is 20.2 Å². The van der Waals surface area contributed by atoms with E-state index in [1.54, 1.807) is 6.92 Å². The zero-order valence-electron chi connectivity index (χ0n) is 10.7. The van der Waals surface area contributed by atoms with Crippen molar-refractivity contribution in [2.24, 2.45) is 5.92 Å². The van der Waals surface area contributed by atoms with Crippen molar-refractivity contribution < 1.29 is 23.1 Å². The average Bonchev–Trinajstić information content (AvgIpc) is 2.34. The Kier molecular flexibility index (Phi) is 5.04. The van der Waals surface area contributed by atoms with Gasteiger partial charge in [-0.2, -0.15) is 0 Å². The van der Waals surface area contributed by atoms with Crippen LogP contribution in [0.25, 0.3) is 0 Å². The molecule has 1 saturated carbocycles. The van der Waals surface area contributed by atoms with Crippen LogP contribution in [-0.2, 0) is 14.3 Å². The molecule has 1 fully saturated rings. The molecule has 1 aliphatic carbocycles. The summed E-state index contributed by atoms with van der Waals surface area (Å²) in [6, 6.07) is 0. The Bertz CT molecular complexity index is 310. The standard InChI is InChI=1S/C12H19F2NO3/c1-3-15(8-10(16)18-2)11(17)9-4-6-12(13,14)7-5-9/h9H,3-8H2,1-2H3. The Hall–Kier alpha value is -1.20. The molecule has 0 N–H and O–H groups in total. The first-order valence-corrected chi connectivity index (χ1v) is 6.13. The van der Waals surface area contributed by atoms with E-state index in [1.165, 1.54) is 12.0 Å². The largest absolute Gasteiger partial charge is 0.468 e. The lowest BCUT2D eigenvalue weighted by Gasteiger charge is -2.31. The Morgan fingerprint density at radius 2 is 1.89 bits per heavy atom. The number of likely N-dealkylation sites (N-methyl/N-ethyl adjacent to an activating group) is 1. The van der Waals surface area contributed by atoms with Gasteiger partial charge in [-0.1, -0.05) is 0 Å². The van der Waals surface area contributed by atoms with E-state index < -0.39 is 17.8 Å². The van der Waals surface area contributed by atoms with Gasteiger partial charge in [0.15, 0.2) is 0 Å². The highest BCUT2D eigenvalue weighted by molar-refractivity contribution is 5.83. The highest BCUT2D eigenvalue weighted by atomic mass is 19.3. The van der Waals surface area contributed by atoms with Crippen LogP contribution in [0, 0.1) is 5.92 Å². The lowest BCUT2D eigenvalue weighted by molar-refractivity contribution is -0.150. The Labute approximate surface area is 105 Å². The predicted molar refractivity (Wildman–Crippen MR) is 61.2 cm³/mol. The van der Waals surface area contributed by atoms with Gasteiger partial charge in [-0.3, -0.25) is 9.59 Å². The normalized spacial score (nSPS) is 19.3. The first kappa shape index (κ1) is 14.9. The lowest BCUT2D eigenvalue weighted by atomic mass is 9.86. The minimum Gasteiger partial charge on any atom is -0.468 e. The predicted octanol–water partition coefficient (Wildman–Crippen LogP) is 1.83. The molecule has 0 saturated heterocycles. The van der Waals surface area contributed by atoms with Crippen LogP contribution in [0.4, 0.5) is 8.78 Å². The molecule has 1 amide bonds. The molecular weight excluding hydrogens is 244 g/mol. The zero-order valence-corrected chi connectivity index (χ0v) is 10.7. The van der Waals surface area contributed by atoms with E-state index in [4.69, 9.17) is 0 Å². The third-order valence-corrected chi connectivity index (χ3v) is 3.31. The SMILES string of the molecule is CCN(CC(=O)OC)C(=O)C1CCC(F)(F)CC1. The molecular formula is C12H19F2NO3. The fourth-order valence-corrected chi connectivity index (χ4v) is 2.11. The molecule has 0 unspecified atom stereocenters. The molecule has 0 aromatic rings. The van der Waals surface area contributed by atoms with Crippen molar-refractivity contribution in [3.05, 3.63) is 0 Å². The van der Waals surface area contributed by atoms with Crippen LogP contribution in [-0.4, -0.2) is 42.9 Å². The fraction of sp³-hybridized carbons (Fsp3) is 0.833. The molecule has 1 rings (SSSR count). The van der Waals surface area contributed by atoms with E-state index in [-0.39, 0.29) is 38.1 Å². The van der Waals surface area contributed by atoms with Crippen LogP contribution in [0.2, 0.25) is 0 Å². The first-order valence-electron chi connectivity index (χ1n) is 6.13. The number of carbonyl (C=O) groups excluding carboxylic acids is 2. The van der Waals surface area contributed by atoms with Crippen LogP contribution in [0.3, 0.4) is 0 Å². The summed E-state index contributed by atoms with van der Waals surface area (Å²) in [5.41, 5.74) is 0. The third-order valence-electron chi connectivity index (χ3n) is 3.31. The van der Waals surface area contributed by atoms with Gasteiger partial charge in [0.05, 0.1) is 7.11 Å². The number of hydrogen-bond donors (Lipinski definition) is 0. The second-order valence-corrected chi connectivity index (χ2v) is 4.56. The molecule has 0 aromatic carbocycles. The maximum Gasteiger partial charge on any atom is 0.325 e. The Balaban J connectivity index is 2.54. The van der Waals surface area contributed by atoms with E-state index in [0.717, 1.165) is 0 Å². The van der Waals surface area contributed by atoms with E-state index in [0.29, 0.717) is 6.54 Å². The molecule has 4 nitrogen and oxygen atoms in total. The number of esters is 1. The third kappa shape index (κ3) is 3.92. The van der Waals surface area contributed by atoms with Crippen molar-refractivity contribution in [3.8, 4) is 0 Å². The summed E-state index contributed by atoms with van der Waals surface area (Å²) in [4.78, 5) is 24.6. The van der Waals surface area contributed by atoms with Gasteiger partial charge in [-0.15, -0.1) is 0 Å². The van der Waals surface area contributed by atoms with Crippen molar-refractivity contribution in [3.63, 3.8) is 0 Å². The second-order valence-electron chi connectivity index (χ2n) is 4.56. The summed E-state index contributed by atoms with van der Waals surface area (Å²) in [7, 11) is 1.25. The molecule has 6 heteroatoms. The molecule has 0 aliphatic heterocycles. The molecule has 0 radical (unpaired) electrons. The van der Waals surface area contributed by atoms with Crippen molar-refractivity contribution in [2.45, 2.75) is 38.5 Å². The quantitative estimate of drug-likeness (QED) is 0.727. The fourth-order valence-electron chi connectivity index (χ4n) is 2.11. The van der Waals surface area contributed by atoms with Crippen LogP contribution in [0.15, 0.2) is 0 Å². The number of nitrogens with zero attached hydrogens (tertiary/aromatic N) is 1. The minimum absolute atomic E-state index is 0.112. The molecule has 1 aliphatic rings. The van der Waals surface area contributed by atoms with Crippen LogP contribution >= 0.6 is 0 Å². The summed E-state index contributed by atoms with van der Waals surface area (Å²) >= 11 is 0. The monoisotopic (exact) mass is 263 g/mol. The molecule has 0 heterocycles. The molecule has 0 spiro atoms. The molecule has 0 atom stereocenters. The Morgan fingerprint density at radius 1 is 1.33 bits per heavy atom. The second kappa shape index (κ2) is 6.11. The average molecular weight is 263 g/mol. The molecule has 0 bridgehead atoms. The molecule has 104 valence electrons. The summed E-state index contributed by atoms with van der Waals surface area (Å²) < 4.78 is 30.5. The van der Waals surface area contributed by atoms with Gasteiger partial charge in [-0.25, -0.2) is 8.78 Å². The number of amides is 1. The van der Waals surface area contributed by atoms with E-state index in [9.17, 15) is 18.4 Å². The number of carbonyl (C=O) groups is 2. The highest BCUT2D eigenvalue weighted by Crippen LogP contribution is 2.36. The molecule has 0 aromatic heterocycles. The van der Waals surface area contributed by atoms with Crippen molar-refractivity contribution in [1.29, 1.82) is 0 Å². The molecule has 18 heavy (non-hydrogen) atoms. The maximum atomic E-state index is 13.0. The van der Waals surface area contributed by atoms with Gasteiger partial charge in [0.1, 0.15) is 6.54 Å². The number of hydrogen-bond acceptors (Lipinski definition) is 3. The number of methoxy groups -OCH3 is 1. The van der Waals surface area contributed by atoms with Crippen molar-refractivity contribution in [1.82, 2.24) is 4.90 Å². The van der Waals surface area contributed by atoms with Crippen LogP contribution in [0.1, 0.15) is 32.6 Å². The summed E-state index contributed by atoms with van der Waals surface area (Å²) in [6.07, 6.45) is -0.134. The minimum atomic E-state index is -2.64. The van der Waals surface area contributed by atoms with Crippen LogP contribution < -0.4 is 0 Å². The topological polar surface area (TPSA) is 46.6 Å². The first-order chi connectivity index (χ1) is 8.39. The number of rotatable bonds is 4. The van der Waals surface area contributed by atoms with Gasteiger partial charge in [-0.05, 0) is 19.8 Å².